The Morgan fingerprint density at radius 3 is 2.76 bits per heavy atom. The van der Waals surface area contributed by atoms with Gasteiger partial charge in [-0.3, -0.25) is 0 Å². The van der Waals surface area contributed by atoms with Crippen LogP contribution in [0.15, 0.2) is 34.9 Å². The minimum atomic E-state index is 0.978. The Kier molecular flexibility index (Phi) is 2.76. The summed E-state index contributed by atoms with van der Waals surface area (Å²) >= 11 is 3.46. The molecule has 0 spiro atoms. The largest absolute Gasteiger partial charge is 0.300 e. The molecule has 3 nitrogen and oxygen atoms in total. The van der Waals surface area contributed by atoms with Crippen molar-refractivity contribution in [3.63, 3.8) is 0 Å². The second-order valence-corrected chi connectivity index (χ2v) is 5.41. The lowest BCUT2D eigenvalue weighted by molar-refractivity contribution is 0.305. The molecule has 0 saturated heterocycles. The van der Waals surface area contributed by atoms with E-state index in [1.807, 2.05) is 6.20 Å². The fourth-order valence-electron chi connectivity index (χ4n) is 2.24. The summed E-state index contributed by atoms with van der Waals surface area (Å²) in [6.07, 6.45) is 3.10. The van der Waals surface area contributed by atoms with E-state index >= 15 is 0 Å². The van der Waals surface area contributed by atoms with E-state index in [4.69, 9.17) is 0 Å². The van der Waals surface area contributed by atoms with Crippen LogP contribution in [0.5, 0.6) is 0 Å². The molecule has 4 heteroatoms. The van der Waals surface area contributed by atoms with Gasteiger partial charge in [-0.1, -0.05) is 15.9 Å². The number of fused-ring (bicyclic) bond motifs is 1. The molecule has 0 atom stereocenters. The first kappa shape index (κ1) is 11.0. The highest BCUT2D eigenvalue weighted by molar-refractivity contribution is 9.10. The van der Waals surface area contributed by atoms with Crippen molar-refractivity contribution in [3.8, 4) is 5.69 Å². The average molecular weight is 292 g/mol. The van der Waals surface area contributed by atoms with Gasteiger partial charge in [0.2, 0.25) is 0 Å². The van der Waals surface area contributed by atoms with Gasteiger partial charge in [0.15, 0.2) is 0 Å². The average Bonchev–Trinajstić information content (AvgIpc) is 2.73. The van der Waals surface area contributed by atoms with Crippen LogP contribution in [0.2, 0.25) is 0 Å². The number of benzene rings is 1. The molecule has 1 aliphatic rings. The van der Waals surface area contributed by atoms with Crippen LogP contribution in [0, 0.1) is 0 Å². The van der Waals surface area contributed by atoms with Crippen molar-refractivity contribution < 1.29 is 0 Å². The molecule has 0 saturated carbocycles. The van der Waals surface area contributed by atoms with Crippen molar-refractivity contribution in [3.05, 3.63) is 46.2 Å². The van der Waals surface area contributed by atoms with Crippen molar-refractivity contribution in [1.82, 2.24) is 14.7 Å². The van der Waals surface area contributed by atoms with Gasteiger partial charge in [0.1, 0.15) is 0 Å². The first-order valence-corrected chi connectivity index (χ1v) is 6.53. The highest BCUT2D eigenvalue weighted by Gasteiger charge is 2.18. The van der Waals surface area contributed by atoms with E-state index < -0.39 is 0 Å². The van der Waals surface area contributed by atoms with E-state index in [0.717, 1.165) is 29.7 Å². The fraction of sp³-hybridized carbons (Fsp3) is 0.308. The normalized spacial score (nSPS) is 15.9. The summed E-state index contributed by atoms with van der Waals surface area (Å²) in [5.74, 6) is 0. The van der Waals surface area contributed by atoms with Gasteiger partial charge in [0.25, 0.3) is 0 Å². The maximum Gasteiger partial charge on any atom is 0.0650 e. The molecule has 0 bridgehead atoms. The van der Waals surface area contributed by atoms with Gasteiger partial charge < -0.3 is 4.90 Å². The maximum atomic E-state index is 4.51. The molecule has 17 heavy (non-hydrogen) atoms. The van der Waals surface area contributed by atoms with Crippen LogP contribution in [0.25, 0.3) is 5.69 Å². The SMILES string of the molecule is CN1CCc2cnn(-c3ccc(Br)cc3)c2C1. The van der Waals surface area contributed by atoms with Crippen molar-refractivity contribution >= 4 is 15.9 Å². The van der Waals surface area contributed by atoms with E-state index in [2.05, 4.69) is 61.9 Å². The molecule has 0 radical (unpaired) electrons. The van der Waals surface area contributed by atoms with Crippen molar-refractivity contribution in [2.45, 2.75) is 13.0 Å². The Labute approximate surface area is 109 Å². The summed E-state index contributed by atoms with van der Waals surface area (Å²) < 4.78 is 3.15. The predicted octanol–water partition coefficient (Wildman–Crippen LogP) is 2.62. The van der Waals surface area contributed by atoms with E-state index in [0.29, 0.717) is 0 Å². The molecule has 0 fully saturated rings. The van der Waals surface area contributed by atoms with Crippen LogP contribution in [0.4, 0.5) is 0 Å². The minimum absolute atomic E-state index is 0.978. The van der Waals surface area contributed by atoms with Gasteiger partial charge in [-0.15, -0.1) is 0 Å². The Hall–Kier alpha value is -1.13. The van der Waals surface area contributed by atoms with Crippen LogP contribution in [0.3, 0.4) is 0 Å². The van der Waals surface area contributed by atoms with Gasteiger partial charge in [-0.05, 0) is 43.3 Å². The third-order valence-electron chi connectivity index (χ3n) is 3.21. The molecular formula is C13H14BrN3. The molecule has 0 unspecified atom stereocenters. The second-order valence-electron chi connectivity index (χ2n) is 4.49. The quantitative estimate of drug-likeness (QED) is 0.805. The van der Waals surface area contributed by atoms with E-state index in [1.54, 1.807) is 0 Å². The van der Waals surface area contributed by atoms with Gasteiger partial charge >= 0.3 is 0 Å². The van der Waals surface area contributed by atoms with Gasteiger partial charge in [-0.2, -0.15) is 5.10 Å². The Bertz CT molecular complexity index is 530. The highest BCUT2D eigenvalue weighted by atomic mass is 79.9. The summed E-state index contributed by atoms with van der Waals surface area (Å²) in [5, 5.41) is 4.51. The van der Waals surface area contributed by atoms with Crippen LogP contribution < -0.4 is 0 Å². The highest BCUT2D eigenvalue weighted by Crippen LogP contribution is 2.22. The standard InChI is InChI=1S/C13H14BrN3/c1-16-7-6-10-8-15-17(13(10)9-16)12-4-2-11(14)3-5-12/h2-5,8H,6-7,9H2,1H3. The zero-order valence-electron chi connectivity index (χ0n) is 9.73. The molecule has 0 amide bonds. The molecule has 2 aromatic rings. The molecule has 1 aromatic heterocycles. The Morgan fingerprint density at radius 2 is 2.00 bits per heavy atom. The zero-order valence-corrected chi connectivity index (χ0v) is 11.3. The molecule has 2 heterocycles. The van der Waals surface area contributed by atoms with Crippen LogP contribution in [-0.4, -0.2) is 28.3 Å². The van der Waals surface area contributed by atoms with Crippen molar-refractivity contribution in [2.24, 2.45) is 0 Å². The smallest absolute Gasteiger partial charge is 0.0650 e. The molecule has 0 aliphatic carbocycles. The number of nitrogens with zero attached hydrogens (tertiary/aromatic N) is 3. The fourth-order valence-corrected chi connectivity index (χ4v) is 2.50. The third kappa shape index (κ3) is 2.03. The lowest BCUT2D eigenvalue weighted by Gasteiger charge is -2.23. The zero-order chi connectivity index (χ0) is 11.8. The number of likely N-dealkylation sites (N-methyl/N-ethyl adjacent to an activating group) is 1. The summed E-state index contributed by atoms with van der Waals surface area (Å²) in [7, 11) is 2.15. The summed E-state index contributed by atoms with van der Waals surface area (Å²) in [6, 6.07) is 8.28. The molecular weight excluding hydrogens is 278 g/mol. The number of aromatic nitrogens is 2. The van der Waals surface area contributed by atoms with E-state index in [9.17, 15) is 0 Å². The number of hydrogen-bond donors (Lipinski definition) is 0. The van der Waals surface area contributed by atoms with Gasteiger partial charge in [-0.25, -0.2) is 4.68 Å². The number of hydrogen-bond acceptors (Lipinski definition) is 2. The first-order valence-electron chi connectivity index (χ1n) is 5.74. The van der Waals surface area contributed by atoms with Crippen LogP contribution >= 0.6 is 15.9 Å². The first-order chi connectivity index (χ1) is 8.24. The number of halogens is 1. The lowest BCUT2D eigenvalue weighted by Crippen LogP contribution is -2.27. The van der Waals surface area contributed by atoms with Crippen molar-refractivity contribution in [2.75, 3.05) is 13.6 Å². The summed E-state index contributed by atoms with van der Waals surface area (Å²) in [6.45, 7) is 2.10. The maximum absolute atomic E-state index is 4.51. The monoisotopic (exact) mass is 291 g/mol. The molecule has 3 rings (SSSR count). The van der Waals surface area contributed by atoms with Gasteiger partial charge in [0.05, 0.1) is 17.6 Å². The lowest BCUT2D eigenvalue weighted by atomic mass is 10.1. The Balaban J connectivity index is 2.04. The molecule has 88 valence electrons. The van der Waals surface area contributed by atoms with E-state index in [1.165, 1.54) is 11.3 Å². The van der Waals surface area contributed by atoms with Gasteiger partial charge in [0, 0.05) is 17.6 Å². The predicted molar refractivity (Wildman–Crippen MR) is 71.3 cm³/mol. The third-order valence-corrected chi connectivity index (χ3v) is 3.74. The minimum Gasteiger partial charge on any atom is -0.300 e. The van der Waals surface area contributed by atoms with Crippen LogP contribution in [-0.2, 0) is 13.0 Å². The number of rotatable bonds is 1. The van der Waals surface area contributed by atoms with Crippen molar-refractivity contribution in [1.29, 1.82) is 0 Å². The molecule has 1 aromatic carbocycles. The Morgan fingerprint density at radius 1 is 1.24 bits per heavy atom. The molecule has 0 N–H and O–H groups in total. The second kappa shape index (κ2) is 4.27. The summed E-state index contributed by atoms with van der Waals surface area (Å²) in [4.78, 5) is 2.33. The summed E-state index contributed by atoms with van der Waals surface area (Å²) in [5.41, 5.74) is 3.83. The van der Waals surface area contributed by atoms with E-state index in [-0.39, 0.29) is 0 Å². The topological polar surface area (TPSA) is 21.1 Å². The molecule has 1 aliphatic heterocycles. The van der Waals surface area contributed by atoms with Crippen LogP contribution in [0.1, 0.15) is 11.3 Å².